The van der Waals surface area contributed by atoms with E-state index in [9.17, 15) is 4.79 Å². The van der Waals surface area contributed by atoms with Crippen LogP contribution in [0.3, 0.4) is 0 Å². The number of carbonyl (C=O) groups excluding carboxylic acids is 1. The average Bonchev–Trinajstić information content (AvgIpc) is 2.37. The summed E-state index contributed by atoms with van der Waals surface area (Å²) in [5, 5.41) is 9.05. The molecule has 0 fully saturated rings. The van der Waals surface area contributed by atoms with Gasteiger partial charge < -0.3 is 20.5 Å². The Hall–Kier alpha value is -1.59. The number of amides is 1. The number of hydrogen-bond donors (Lipinski definition) is 2. The van der Waals surface area contributed by atoms with Gasteiger partial charge in [0.2, 0.25) is 5.91 Å². The van der Waals surface area contributed by atoms with E-state index in [0.29, 0.717) is 30.8 Å². The molecular weight excluding hydrogens is 232 g/mol. The molecule has 3 N–H and O–H groups in total. The molecule has 0 bridgehead atoms. The molecule has 0 atom stereocenters. The van der Waals surface area contributed by atoms with Crippen LogP contribution in [0.5, 0.6) is 0 Å². The predicted molar refractivity (Wildman–Crippen MR) is 71.4 cm³/mol. The zero-order valence-electron chi connectivity index (χ0n) is 10.6. The van der Waals surface area contributed by atoms with Crippen molar-refractivity contribution in [3.63, 3.8) is 0 Å². The predicted octanol–water partition coefficient (Wildman–Crippen LogP) is 1.02. The summed E-state index contributed by atoms with van der Waals surface area (Å²) in [6.45, 7) is 0.702. The lowest BCUT2D eigenvalue weighted by Crippen LogP contribution is -2.34. The minimum atomic E-state index is -0.0929. The summed E-state index contributed by atoms with van der Waals surface area (Å²) < 4.78 is 4.92. The van der Waals surface area contributed by atoms with Gasteiger partial charge in [-0.25, -0.2) is 0 Å². The number of nitrogens with two attached hydrogens (primary N) is 1. The van der Waals surface area contributed by atoms with E-state index in [4.69, 9.17) is 15.6 Å². The normalized spacial score (nSPS) is 10.3. The quantitative estimate of drug-likeness (QED) is 0.561. The molecular formula is C13H20N2O3. The van der Waals surface area contributed by atoms with Crippen LogP contribution in [0.2, 0.25) is 0 Å². The summed E-state index contributed by atoms with van der Waals surface area (Å²) >= 11 is 0. The Bertz CT molecular complexity index is 382. The van der Waals surface area contributed by atoms with Crippen molar-refractivity contribution in [2.24, 2.45) is 0 Å². The van der Waals surface area contributed by atoms with Crippen LogP contribution < -0.4 is 10.6 Å². The second-order valence-electron chi connectivity index (χ2n) is 3.92. The van der Waals surface area contributed by atoms with Crippen molar-refractivity contribution in [1.29, 1.82) is 0 Å². The Morgan fingerprint density at radius 2 is 2.17 bits per heavy atom. The lowest BCUT2D eigenvalue weighted by atomic mass is 10.2. The summed E-state index contributed by atoms with van der Waals surface area (Å²) in [4.78, 5) is 13.6. The van der Waals surface area contributed by atoms with Crippen molar-refractivity contribution in [2.75, 3.05) is 37.5 Å². The van der Waals surface area contributed by atoms with E-state index >= 15 is 0 Å². The molecule has 1 aromatic carbocycles. The molecule has 0 saturated heterocycles. The fourth-order valence-electron chi connectivity index (χ4n) is 1.72. The molecule has 100 valence electrons. The van der Waals surface area contributed by atoms with Crippen LogP contribution in [0.1, 0.15) is 12.8 Å². The van der Waals surface area contributed by atoms with E-state index in [1.54, 1.807) is 19.2 Å². The van der Waals surface area contributed by atoms with Crippen LogP contribution in [0.25, 0.3) is 0 Å². The topological polar surface area (TPSA) is 75.8 Å². The zero-order chi connectivity index (χ0) is 13.4. The summed E-state index contributed by atoms with van der Waals surface area (Å²) in [6, 6.07) is 7.14. The van der Waals surface area contributed by atoms with Gasteiger partial charge in [-0.3, -0.25) is 4.79 Å². The number of nitrogen functional groups attached to an aromatic ring is 1. The van der Waals surface area contributed by atoms with E-state index in [1.165, 1.54) is 4.90 Å². The van der Waals surface area contributed by atoms with Crippen LogP contribution in [-0.4, -0.2) is 37.9 Å². The van der Waals surface area contributed by atoms with E-state index < -0.39 is 0 Å². The van der Waals surface area contributed by atoms with Crippen molar-refractivity contribution in [3.8, 4) is 0 Å². The van der Waals surface area contributed by atoms with E-state index in [-0.39, 0.29) is 19.1 Å². The summed E-state index contributed by atoms with van der Waals surface area (Å²) in [5.74, 6) is -0.0565. The molecule has 0 radical (unpaired) electrons. The van der Waals surface area contributed by atoms with Crippen molar-refractivity contribution in [1.82, 2.24) is 0 Å². The van der Waals surface area contributed by atoms with Gasteiger partial charge in [-0.1, -0.05) is 12.1 Å². The third kappa shape index (κ3) is 4.01. The fourth-order valence-corrected chi connectivity index (χ4v) is 1.72. The van der Waals surface area contributed by atoms with Gasteiger partial charge in [0.25, 0.3) is 0 Å². The largest absolute Gasteiger partial charge is 0.397 e. The van der Waals surface area contributed by atoms with Gasteiger partial charge in [0.05, 0.1) is 18.0 Å². The molecule has 1 rings (SSSR count). The van der Waals surface area contributed by atoms with Crippen molar-refractivity contribution < 1.29 is 14.6 Å². The highest BCUT2D eigenvalue weighted by Gasteiger charge is 2.16. The van der Waals surface area contributed by atoms with Gasteiger partial charge in [0.15, 0.2) is 0 Å². The maximum Gasteiger partial charge on any atom is 0.227 e. The molecule has 5 heteroatoms. The highest BCUT2D eigenvalue weighted by atomic mass is 16.5. The van der Waals surface area contributed by atoms with Crippen molar-refractivity contribution in [2.45, 2.75) is 12.8 Å². The van der Waals surface area contributed by atoms with E-state index in [0.717, 1.165) is 0 Å². The number of para-hydroxylation sites is 2. The molecule has 0 aliphatic carbocycles. The highest BCUT2D eigenvalue weighted by molar-refractivity contribution is 5.96. The number of carbonyl (C=O) groups is 1. The molecule has 0 saturated carbocycles. The first-order valence-electron chi connectivity index (χ1n) is 5.95. The Kier molecular flexibility index (Phi) is 6.18. The van der Waals surface area contributed by atoms with Crippen LogP contribution in [0.15, 0.2) is 24.3 Å². The van der Waals surface area contributed by atoms with Crippen LogP contribution in [0, 0.1) is 0 Å². The fraction of sp³-hybridized carbons (Fsp3) is 0.462. The van der Waals surface area contributed by atoms with Gasteiger partial charge in [0.1, 0.15) is 0 Å². The summed E-state index contributed by atoms with van der Waals surface area (Å²) in [5.41, 5.74) is 7.02. The van der Waals surface area contributed by atoms with Crippen molar-refractivity contribution >= 4 is 17.3 Å². The molecule has 18 heavy (non-hydrogen) atoms. The third-order valence-electron chi connectivity index (χ3n) is 2.59. The van der Waals surface area contributed by atoms with E-state index in [1.807, 2.05) is 12.1 Å². The second-order valence-corrected chi connectivity index (χ2v) is 3.92. The lowest BCUT2D eigenvalue weighted by Gasteiger charge is -2.23. The van der Waals surface area contributed by atoms with Gasteiger partial charge in [0, 0.05) is 26.7 Å². The standard InChI is InChI=1S/C13H20N2O3/c1-18-10-4-7-13(17)15(8-9-16)12-6-3-2-5-11(12)14/h2-3,5-6,16H,4,7-10,14H2,1H3. The number of aliphatic hydroxyl groups excluding tert-OH is 1. The van der Waals surface area contributed by atoms with Gasteiger partial charge in [-0.2, -0.15) is 0 Å². The molecule has 0 aliphatic heterocycles. The lowest BCUT2D eigenvalue weighted by molar-refractivity contribution is -0.119. The highest BCUT2D eigenvalue weighted by Crippen LogP contribution is 2.23. The first-order chi connectivity index (χ1) is 8.70. The molecule has 0 aromatic heterocycles. The minimum Gasteiger partial charge on any atom is -0.397 e. The third-order valence-corrected chi connectivity index (χ3v) is 2.59. The first kappa shape index (κ1) is 14.5. The number of methoxy groups -OCH3 is 1. The number of ether oxygens (including phenoxy) is 1. The maximum absolute atomic E-state index is 12.1. The summed E-state index contributed by atoms with van der Waals surface area (Å²) in [7, 11) is 1.60. The summed E-state index contributed by atoms with van der Waals surface area (Å²) in [6.07, 6.45) is 1.03. The Balaban J connectivity index is 2.76. The molecule has 1 amide bonds. The smallest absolute Gasteiger partial charge is 0.227 e. The number of hydrogen-bond acceptors (Lipinski definition) is 4. The number of nitrogens with zero attached hydrogens (tertiary/aromatic N) is 1. The molecule has 1 aromatic rings. The van der Waals surface area contributed by atoms with Gasteiger partial charge in [-0.05, 0) is 18.6 Å². The first-order valence-corrected chi connectivity index (χ1v) is 5.95. The average molecular weight is 252 g/mol. The SMILES string of the molecule is COCCCC(=O)N(CCO)c1ccccc1N. The number of rotatable bonds is 7. The zero-order valence-corrected chi connectivity index (χ0v) is 10.6. The Morgan fingerprint density at radius 1 is 1.44 bits per heavy atom. The Labute approximate surface area is 107 Å². The maximum atomic E-state index is 12.1. The molecule has 0 heterocycles. The van der Waals surface area contributed by atoms with E-state index in [2.05, 4.69) is 0 Å². The number of aliphatic hydroxyl groups is 1. The van der Waals surface area contributed by atoms with Crippen LogP contribution in [-0.2, 0) is 9.53 Å². The molecule has 5 nitrogen and oxygen atoms in total. The van der Waals surface area contributed by atoms with Crippen LogP contribution >= 0.6 is 0 Å². The Morgan fingerprint density at radius 3 is 2.78 bits per heavy atom. The molecule has 0 unspecified atom stereocenters. The molecule has 0 aliphatic rings. The minimum absolute atomic E-state index is 0.0565. The van der Waals surface area contributed by atoms with Gasteiger partial charge >= 0.3 is 0 Å². The monoisotopic (exact) mass is 252 g/mol. The number of benzene rings is 1. The number of anilines is 2. The van der Waals surface area contributed by atoms with Crippen molar-refractivity contribution in [3.05, 3.63) is 24.3 Å². The molecule has 0 spiro atoms. The van der Waals surface area contributed by atoms with Gasteiger partial charge in [-0.15, -0.1) is 0 Å². The second kappa shape index (κ2) is 7.68. The van der Waals surface area contributed by atoms with Crippen LogP contribution in [0.4, 0.5) is 11.4 Å².